The number of nitrogens with zero attached hydrogens (tertiary/aromatic N) is 1. The smallest absolute Gasteiger partial charge is 0.348 e. The van der Waals surface area contributed by atoms with Crippen LogP contribution in [-0.4, -0.2) is 40.6 Å². The maximum absolute atomic E-state index is 13.5. The Morgan fingerprint density at radius 1 is 1.15 bits per heavy atom. The second-order valence-electron chi connectivity index (χ2n) is 6.18. The summed E-state index contributed by atoms with van der Waals surface area (Å²) >= 11 is 0.728. The second-order valence-corrected chi connectivity index (χ2v) is 9.22. The van der Waals surface area contributed by atoms with E-state index >= 15 is 0 Å². The minimum Gasteiger partial charge on any atom is -0.465 e. The monoisotopic (exact) mass is 409 g/mol. The highest BCUT2D eigenvalue weighted by molar-refractivity contribution is 7.95. The predicted molar refractivity (Wildman–Crippen MR) is 101 cm³/mol. The molecule has 0 aliphatic carbocycles. The standard InChI is InChI=1S/C18H19NO6S2/c1-10-9-12-7-5-6-8-13(12)19(10)27(22,23)18-14(16(20)24-3)11(2)15(26-18)17(21)25-4/h5-8,10H,9H2,1-4H3/t10-/m0/s1. The molecule has 1 aromatic heterocycles. The summed E-state index contributed by atoms with van der Waals surface area (Å²) in [5.74, 6) is -1.50. The molecule has 144 valence electrons. The lowest BCUT2D eigenvalue weighted by molar-refractivity contribution is 0.0596. The number of ether oxygens (including phenoxy) is 2. The highest BCUT2D eigenvalue weighted by Gasteiger charge is 2.41. The SMILES string of the molecule is COC(=O)c1sc(S(=O)(=O)N2c3ccccc3C[C@@H]2C)c(C(=O)OC)c1C. The average molecular weight is 409 g/mol. The van der Waals surface area contributed by atoms with Crippen LogP contribution in [0.3, 0.4) is 0 Å². The van der Waals surface area contributed by atoms with Crippen LogP contribution in [0.2, 0.25) is 0 Å². The first-order valence-electron chi connectivity index (χ1n) is 8.16. The number of thiophene rings is 1. The maximum atomic E-state index is 13.5. The summed E-state index contributed by atoms with van der Waals surface area (Å²) in [5.41, 5.74) is 1.60. The van der Waals surface area contributed by atoms with Crippen molar-refractivity contribution in [1.82, 2.24) is 0 Å². The van der Waals surface area contributed by atoms with Gasteiger partial charge in [-0.3, -0.25) is 4.31 Å². The first kappa shape index (κ1) is 19.4. The molecule has 1 aliphatic heterocycles. The summed E-state index contributed by atoms with van der Waals surface area (Å²) in [6.07, 6.45) is 0.567. The Balaban J connectivity index is 2.23. The van der Waals surface area contributed by atoms with Gasteiger partial charge in [0.05, 0.1) is 25.5 Å². The number of hydrogen-bond acceptors (Lipinski definition) is 7. The highest BCUT2D eigenvalue weighted by Crippen LogP contribution is 2.41. The number of para-hydroxylation sites is 1. The number of sulfonamides is 1. The van der Waals surface area contributed by atoms with Crippen LogP contribution in [0.4, 0.5) is 5.69 Å². The lowest BCUT2D eigenvalue weighted by Gasteiger charge is -2.24. The van der Waals surface area contributed by atoms with Crippen molar-refractivity contribution >= 4 is 39.0 Å². The molecule has 0 spiro atoms. The van der Waals surface area contributed by atoms with Crippen molar-refractivity contribution in [2.75, 3.05) is 18.5 Å². The fraction of sp³-hybridized carbons (Fsp3) is 0.333. The van der Waals surface area contributed by atoms with Crippen LogP contribution in [0.1, 0.15) is 38.1 Å². The lowest BCUT2D eigenvalue weighted by Crippen LogP contribution is -2.36. The largest absolute Gasteiger partial charge is 0.465 e. The van der Waals surface area contributed by atoms with Gasteiger partial charge in [0, 0.05) is 6.04 Å². The van der Waals surface area contributed by atoms with Gasteiger partial charge in [-0.15, -0.1) is 11.3 Å². The molecule has 9 heteroatoms. The molecule has 0 amide bonds. The van der Waals surface area contributed by atoms with Crippen LogP contribution in [0, 0.1) is 6.92 Å². The summed E-state index contributed by atoms with van der Waals surface area (Å²) in [6.45, 7) is 3.31. The molecule has 0 bridgehead atoms. The lowest BCUT2D eigenvalue weighted by atomic mass is 10.1. The highest BCUT2D eigenvalue weighted by atomic mass is 32.2. The van der Waals surface area contributed by atoms with Crippen molar-refractivity contribution in [1.29, 1.82) is 0 Å². The van der Waals surface area contributed by atoms with Gasteiger partial charge in [0.1, 0.15) is 4.88 Å². The van der Waals surface area contributed by atoms with E-state index in [2.05, 4.69) is 0 Å². The molecule has 0 fully saturated rings. The van der Waals surface area contributed by atoms with Crippen molar-refractivity contribution in [3.8, 4) is 0 Å². The van der Waals surface area contributed by atoms with Gasteiger partial charge in [0.2, 0.25) is 0 Å². The molecule has 0 N–H and O–H groups in total. The quantitative estimate of drug-likeness (QED) is 0.722. The fourth-order valence-corrected chi connectivity index (χ4v) is 6.80. The minimum absolute atomic E-state index is 0.0663. The van der Waals surface area contributed by atoms with Crippen molar-refractivity contribution in [2.24, 2.45) is 0 Å². The summed E-state index contributed by atoms with van der Waals surface area (Å²) in [5, 5.41) is 0. The van der Waals surface area contributed by atoms with Gasteiger partial charge < -0.3 is 9.47 Å². The Kier molecular flexibility index (Phi) is 5.00. The molecular weight excluding hydrogens is 390 g/mol. The molecule has 3 rings (SSSR count). The number of carbonyl (C=O) groups is 2. The number of benzene rings is 1. The van der Waals surface area contributed by atoms with Gasteiger partial charge in [0.25, 0.3) is 10.0 Å². The van der Waals surface area contributed by atoms with E-state index in [9.17, 15) is 18.0 Å². The van der Waals surface area contributed by atoms with Crippen LogP contribution >= 0.6 is 11.3 Å². The molecule has 1 aromatic carbocycles. The zero-order valence-electron chi connectivity index (χ0n) is 15.3. The Morgan fingerprint density at radius 3 is 2.41 bits per heavy atom. The molecule has 0 radical (unpaired) electrons. The molecule has 1 aliphatic rings. The fourth-order valence-electron chi connectivity index (χ4n) is 3.29. The zero-order chi connectivity index (χ0) is 19.9. The van der Waals surface area contributed by atoms with E-state index < -0.39 is 22.0 Å². The van der Waals surface area contributed by atoms with Crippen LogP contribution < -0.4 is 4.31 Å². The molecule has 2 heterocycles. The average Bonchev–Trinajstić information content (AvgIpc) is 3.17. The zero-order valence-corrected chi connectivity index (χ0v) is 16.9. The van der Waals surface area contributed by atoms with Crippen molar-refractivity contribution in [3.63, 3.8) is 0 Å². The summed E-state index contributed by atoms with van der Waals surface area (Å²) in [4.78, 5) is 24.4. The number of anilines is 1. The van der Waals surface area contributed by atoms with Crippen molar-refractivity contribution < 1.29 is 27.5 Å². The third-order valence-corrected chi connectivity index (χ3v) is 8.21. The Morgan fingerprint density at radius 2 is 1.78 bits per heavy atom. The van der Waals surface area contributed by atoms with E-state index in [1.54, 1.807) is 19.1 Å². The first-order chi connectivity index (χ1) is 12.7. The molecule has 1 atom stereocenters. The minimum atomic E-state index is -4.09. The van der Waals surface area contributed by atoms with Crippen molar-refractivity contribution in [2.45, 2.75) is 30.5 Å². The Hall–Kier alpha value is -2.39. The molecule has 0 unspecified atom stereocenters. The molecule has 2 aromatic rings. The van der Waals surface area contributed by atoms with Gasteiger partial charge in [-0.2, -0.15) is 0 Å². The Labute approximate surface area is 161 Å². The van der Waals surface area contributed by atoms with Gasteiger partial charge in [0.15, 0.2) is 4.21 Å². The first-order valence-corrected chi connectivity index (χ1v) is 10.4. The number of methoxy groups -OCH3 is 2. The normalized spacial score (nSPS) is 16.1. The van der Waals surface area contributed by atoms with Crippen LogP contribution in [0.25, 0.3) is 0 Å². The van der Waals surface area contributed by atoms with Crippen LogP contribution in [0.5, 0.6) is 0 Å². The number of hydrogen-bond donors (Lipinski definition) is 0. The summed E-state index contributed by atoms with van der Waals surface area (Å²) in [6, 6.07) is 6.91. The van der Waals surface area contributed by atoms with E-state index in [0.29, 0.717) is 12.1 Å². The molecular formula is C18H19NO6S2. The Bertz CT molecular complexity index is 1020. The van der Waals surface area contributed by atoms with Gasteiger partial charge in [-0.25, -0.2) is 18.0 Å². The summed E-state index contributed by atoms with van der Waals surface area (Å²) < 4.78 is 37.6. The number of rotatable bonds is 4. The van der Waals surface area contributed by atoms with E-state index in [0.717, 1.165) is 16.9 Å². The topological polar surface area (TPSA) is 90.0 Å². The predicted octanol–water partition coefficient (Wildman–Crippen LogP) is 2.77. The number of fused-ring (bicyclic) bond motifs is 1. The third-order valence-electron chi connectivity index (χ3n) is 4.51. The van der Waals surface area contributed by atoms with E-state index in [1.807, 2.05) is 12.1 Å². The molecule has 7 nitrogen and oxygen atoms in total. The second kappa shape index (κ2) is 6.97. The molecule has 27 heavy (non-hydrogen) atoms. The molecule has 0 saturated heterocycles. The third kappa shape index (κ3) is 3.00. The van der Waals surface area contributed by atoms with Crippen LogP contribution in [-0.2, 0) is 25.9 Å². The number of carbonyl (C=O) groups excluding carboxylic acids is 2. The van der Waals surface area contributed by atoms with E-state index in [4.69, 9.17) is 9.47 Å². The van der Waals surface area contributed by atoms with Gasteiger partial charge in [-0.05, 0) is 37.5 Å². The van der Waals surface area contributed by atoms with E-state index in [-0.39, 0.29) is 26.3 Å². The van der Waals surface area contributed by atoms with Gasteiger partial charge >= 0.3 is 11.9 Å². The van der Waals surface area contributed by atoms with Crippen LogP contribution in [0.15, 0.2) is 28.5 Å². The summed E-state index contributed by atoms with van der Waals surface area (Å²) in [7, 11) is -1.72. The molecule has 0 saturated carbocycles. The van der Waals surface area contributed by atoms with Gasteiger partial charge in [-0.1, -0.05) is 18.2 Å². The number of esters is 2. The van der Waals surface area contributed by atoms with E-state index in [1.165, 1.54) is 25.4 Å². The van der Waals surface area contributed by atoms with Crippen molar-refractivity contribution in [3.05, 3.63) is 45.8 Å². The maximum Gasteiger partial charge on any atom is 0.348 e.